The predicted molar refractivity (Wildman–Crippen MR) is 76.5 cm³/mol. The topological polar surface area (TPSA) is 41.6 Å². The standard InChI is InChI=1S/C15H22N2O2/c1-16-14-6-4-3-5-13(14)15(18)17-9-7-12(8-10-17)11-19-2/h3-6,12,16H,7-11H2,1-2H3. The van der Waals surface area contributed by atoms with Crippen molar-refractivity contribution in [3.8, 4) is 0 Å². The number of nitrogens with zero attached hydrogens (tertiary/aromatic N) is 1. The number of carbonyl (C=O) groups is 1. The number of hydrogen-bond acceptors (Lipinski definition) is 3. The van der Waals surface area contributed by atoms with Crippen LogP contribution in [0.15, 0.2) is 24.3 Å². The Bertz CT molecular complexity index is 426. The molecule has 1 aromatic carbocycles. The van der Waals surface area contributed by atoms with Crippen LogP contribution in [0.5, 0.6) is 0 Å². The molecule has 1 aromatic rings. The number of rotatable bonds is 4. The first kappa shape index (κ1) is 13.9. The fourth-order valence-electron chi connectivity index (χ4n) is 2.60. The monoisotopic (exact) mass is 262 g/mol. The lowest BCUT2D eigenvalue weighted by Gasteiger charge is -2.32. The summed E-state index contributed by atoms with van der Waals surface area (Å²) in [6.07, 6.45) is 2.06. The van der Waals surface area contributed by atoms with Gasteiger partial charge < -0.3 is 15.0 Å². The Morgan fingerprint density at radius 1 is 1.37 bits per heavy atom. The van der Waals surface area contributed by atoms with Gasteiger partial charge in [-0.2, -0.15) is 0 Å². The predicted octanol–water partition coefficient (Wildman–Crippen LogP) is 2.23. The molecule has 1 aliphatic heterocycles. The van der Waals surface area contributed by atoms with Crippen molar-refractivity contribution in [2.45, 2.75) is 12.8 Å². The number of carbonyl (C=O) groups excluding carboxylic acids is 1. The fraction of sp³-hybridized carbons (Fsp3) is 0.533. The molecule has 1 aliphatic rings. The van der Waals surface area contributed by atoms with Crippen molar-refractivity contribution in [2.24, 2.45) is 5.92 Å². The molecule has 1 amide bonds. The maximum absolute atomic E-state index is 12.5. The average molecular weight is 262 g/mol. The highest BCUT2D eigenvalue weighted by Crippen LogP contribution is 2.22. The molecule has 4 nitrogen and oxygen atoms in total. The molecule has 0 aliphatic carbocycles. The number of anilines is 1. The second-order valence-corrected chi connectivity index (χ2v) is 4.99. The van der Waals surface area contributed by atoms with E-state index in [4.69, 9.17) is 4.74 Å². The van der Waals surface area contributed by atoms with Crippen molar-refractivity contribution in [1.29, 1.82) is 0 Å². The highest BCUT2D eigenvalue weighted by Gasteiger charge is 2.24. The molecule has 1 heterocycles. The summed E-state index contributed by atoms with van der Waals surface area (Å²) in [4.78, 5) is 14.4. The molecule has 0 aromatic heterocycles. The van der Waals surface area contributed by atoms with Crippen LogP contribution in [0.4, 0.5) is 5.69 Å². The van der Waals surface area contributed by atoms with Crippen molar-refractivity contribution in [2.75, 3.05) is 39.2 Å². The smallest absolute Gasteiger partial charge is 0.255 e. The van der Waals surface area contributed by atoms with Gasteiger partial charge in [0.15, 0.2) is 0 Å². The second-order valence-electron chi connectivity index (χ2n) is 4.99. The number of ether oxygens (including phenoxy) is 1. The number of amides is 1. The number of piperidine rings is 1. The van der Waals surface area contributed by atoms with Gasteiger partial charge in [0.05, 0.1) is 5.56 Å². The van der Waals surface area contributed by atoms with Crippen LogP contribution in [0.1, 0.15) is 23.2 Å². The van der Waals surface area contributed by atoms with Crippen LogP contribution < -0.4 is 5.32 Å². The van der Waals surface area contributed by atoms with E-state index in [0.717, 1.165) is 43.8 Å². The lowest BCUT2D eigenvalue weighted by Crippen LogP contribution is -2.39. The summed E-state index contributed by atoms with van der Waals surface area (Å²) in [5.74, 6) is 0.717. The summed E-state index contributed by atoms with van der Waals surface area (Å²) in [5.41, 5.74) is 1.65. The quantitative estimate of drug-likeness (QED) is 0.904. The molecule has 0 spiro atoms. The summed E-state index contributed by atoms with van der Waals surface area (Å²) in [5, 5.41) is 3.08. The SMILES string of the molecule is CNc1ccccc1C(=O)N1CCC(COC)CC1. The Labute approximate surface area is 114 Å². The maximum atomic E-state index is 12.5. The zero-order chi connectivity index (χ0) is 13.7. The minimum absolute atomic E-state index is 0.126. The van der Waals surface area contributed by atoms with Gasteiger partial charge in [0.1, 0.15) is 0 Å². The van der Waals surface area contributed by atoms with Crippen molar-refractivity contribution in [3.63, 3.8) is 0 Å². The maximum Gasteiger partial charge on any atom is 0.255 e. The van der Waals surface area contributed by atoms with Gasteiger partial charge in [-0.3, -0.25) is 4.79 Å². The number of nitrogens with one attached hydrogen (secondary N) is 1. The molecule has 0 bridgehead atoms. The Hall–Kier alpha value is -1.55. The third-order valence-electron chi connectivity index (χ3n) is 3.73. The Morgan fingerprint density at radius 3 is 2.68 bits per heavy atom. The number of benzene rings is 1. The molecule has 1 saturated heterocycles. The number of methoxy groups -OCH3 is 1. The molecule has 2 rings (SSSR count). The summed E-state index contributed by atoms with van der Waals surface area (Å²) >= 11 is 0. The van der Waals surface area contributed by atoms with E-state index < -0.39 is 0 Å². The Balaban J connectivity index is 2.01. The van der Waals surface area contributed by atoms with Crippen LogP contribution in [-0.2, 0) is 4.74 Å². The van der Waals surface area contributed by atoms with Crippen LogP contribution in [0.25, 0.3) is 0 Å². The summed E-state index contributed by atoms with van der Waals surface area (Å²) in [6.45, 7) is 2.45. The van der Waals surface area contributed by atoms with Crippen LogP contribution in [0.2, 0.25) is 0 Å². The second kappa shape index (κ2) is 6.57. The largest absolute Gasteiger partial charge is 0.387 e. The molecule has 0 saturated carbocycles. The van der Waals surface area contributed by atoms with Crippen molar-refractivity contribution in [3.05, 3.63) is 29.8 Å². The van der Waals surface area contributed by atoms with Gasteiger partial charge in [-0.1, -0.05) is 12.1 Å². The van der Waals surface area contributed by atoms with Gasteiger partial charge in [-0.25, -0.2) is 0 Å². The van der Waals surface area contributed by atoms with Gasteiger partial charge in [0, 0.05) is 39.5 Å². The lowest BCUT2D eigenvalue weighted by atomic mass is 9.97. The van der Waals surface area contributed by atoms with E-state index in [0.29, 0.717) is 5.92 Å². The van der Waals surface area contributed by atoms with Crippen molar-refractivity contribution in [1.82, 2.24) is 4.90 Å². The van der Waals surface area contributed by atoms with E-state index in [1.165, 1.54) is 0 Å². The lowest BCUT2D eigenvalue weighted by molar-refractivity contribution is 0.0614. The highest BCUT2D eigenvalue weighted by molar-refractivity contribution is 5.99. The number of hydrogen-bond donors (Lipinski definition) is 1. The van der Waals surface area contributed by atoms with Gasteiger partial charge in [-0.15, -0.1) is 0 Å². The molecule has 1 fully saturated rings. The Morgan fingerprint density at radius 2 is 2.05 bits per heavy atom. The van der Waals surface area contributed by atoms with Crippen molar-refractivity contribution >= 4 is 11.6 Å². The van der Waals surface area contributed by atoms with E-state index in [2.05, 4.69) is 5.32 Å². The first-order valence-electron chi connectivity index (χ1n) is 6.81. The van der Waals surface area contributed by atoms with E-state index in [9.17, 15) is 4.79 Å². The highest BCUT2D eigenvalue weighted by atomic mass is 16.5. The first-order valence-corrected chi connectivity index (χ1v) is 6.81. The molecule has 104 valence electrons. The van der Waals surface area contributed by atoms with Gasteiger partial charge >= 0.3 is 0 Å². The summed E-state index contributed by atoms with van der Waals surface area (Å²) < 4.78 is 5.18. The van der Waals surface area contributed by atoms with Gasteiger partial charge in [0.2, 0.25) is 0 Å². The fourth-order valence-corrected chi connectivity index (χ4v) is 2.60. The van der Waals surface area contributed by atoms with Crippen LogP contribution in [0, 0.1) is 5.92 Å². The van der Waals surface area contributed by atoms with Gasteiger partial charge in [-0.05, 0) is 30.9 Å². The van der Waals surface area contributed by atoms with Gasteiger partial charge in [0.25, 0.3) is 5.91 Å². The third-order valence-corrected chi connectivity index (χ3v) is 3.73. The zero-order valence-electron chi connectivity index (χ0n) is 11.7. The van der Waals surface area contributed by atoms with Crippen LogP contribution >= 0.6 is 0 Å². The molecule has 0 atom stereocenters. The molecule has 1 N–H and O–H groups in total. The minimum atomic E-state index is 0.126. The summed E-state index contributed by atoms with van der Waals surface area (Å²) in [6, 6.07) is 7.67. The number of likely N-dealkylation sites (tertiary alicyclic amines) is 1. The van der Waals surface area contributed by atoms with Crippen LogP contribution in [0.3, 0.4) is 0 Å². The van der Waals surface area contributed by atoms with E-state index in [1.54, 1.807) is 7.11 Å². The van der Waals surface area contributed by atoms with Crippen LogP contribution in [-0.4, -0.2) is 44.7 Å². The average Bonchev–Trinajstić information content (AvgIpc) is 2.47. The molecular formula is C15H22N2O2. The first-order chi connectivity index (χ1) is 9.26. The normalized spacial score (nSPS) is 16.4. The zero-order valence-corrected chi connectivity index (χ0v) is 11.7. The molecular weight excluding hydrogens is 240 g/mol. The minimum Gasteiger partial charge on any atom is -0.387 e. The van der Waals surface area contributed by atoms with Crippen molar-refractivity contribution < 1.29 is 9.53 Å². The van der Waals surface area contributed by atoms with E-state index in [-0.39, 0.29) is 5.91 Å². The third kappa shape index (κ3) is 3.26. The number of para-hydroxylation sites is 1. The van der Waals surface area contributed by atoms with E-state index >= 15 is 0 Å². The Kier molecular flexibility index (Phi) is 4.80. The molecule has 4 heteroatoms. The van der Waals surface area contributed by atoms with E-state index in [1.807, 2.05) is 36.2 Å². The molecule has 0 unspecified atom stereocenters. The summed E-state index contributed by atoms with van der Waals surface area (Å²) in [7, 11) is 3.58. The molecule has 19 heavy (non-hydrogen) atoms. The molecule has 0 radical (unpaired) electrons.